The molecule has 0 bridgehead atoms. The molecule has 1 aliphatic carbocycles. The first kappa shape index (κ1) is 14.1. The minimum absolute atomic E-state index is 0.0863. The van der Waals surface area contributed by atoms with Crippen LogP contribution in [-0.2, 0) is 11.3 Å². The Labute approximate surface area is 125 Å². The van der Waals surface area contributed by atoms with Crippen LogP contribution in [0.25, 0.3) is 0 Å². The maximum absolute atomic E-state index is 11.3. The molecule has 0 aromatic heterocycles. The van der Waals surface area contributed by atoms with Crippen molar-refractivity contribution in [2.24, 2.45) is 0 Å². The van der Waals surface area contributed by atoms with E-state index in [1.807, 2.05) is 18.2 Å². The van der Waals surface area contributed by atoms with Crippen molar-refractivity contribution in [3.63, 3.8) is 0 Å². The van der Waals surface area contributed by atoms with Gasteiger partial charge in [0.05, 0.1) is 5.69 Å². The molecule has 0 saturated carbocycles. The molecule has 0 spiro atoms. The minimum Gasteiger partial charge on any atom is -0.482 e. The molecule has 4 nitrogen and oxygen atoms in total. The topological polar surface area (TPSA) is 50.4 Å². The number of hydrogen-bond acceptors (Lipinski definition) is 3. The van der Waals surface area contributed by atoms with Crippen LogP contribution >= 0.6 is 0 Å². The van der Waals surface area contributed by atoms with E-state index in [1.54, 1.807) is 5.57 Å². The van der Waals surface area contributed by atoms with Gasteiger partial charge in [-0.05, 0) is 56.3 Å². The number of allylic oxidation sites excluding steroid dienone is 1. The van der Waals surface area contributed by atoms with Crippen LogP contribution in [0.4, 0.5) is 5.69 Å². The lowest BCUT2D eigenvalue weighted by atomic mass is 9.97. The van der Waals surface area contributed by atoms with E-state index < -0.39 is 0 Å². The van der Waals surface area contributed by atoms with E-state index in [0.29, 0.717) is 0 Å². The number of carbonyl (C=O) groups excluding carboxylic acids is 1. The Bertz CT molecular complexity index is 552. The number of fused-ring (bicyclic) bond motifs is 1. The van der Waals surface area contributed by atoms with Gasteiger partial charge in [0, 0.05) is 6.54 Å². The maximum atomic E-state index is 11.3. The first-order chi connectivity index (χ1) is 10.3. The quantitative estimate of drug-likeness (QED) is 0.646. The van der Waals surface area contributed by atoms with Gasteiger partial charge < -0.3 is 15.4 Å². The second kappa shape index (κ2) is 6.76. The van der Waals surface area contributed by atoms with Gasteiger partial charge in [0.2, 0.25) is 0 Å². The Morgan fingerprint density at radius 2 is 2.24 bits per heavy atom. The van der Waals surface area contributed by atoms with Crippen LogP contribution < -0.4 is 15.4 Å². The van der Waals surface area contributed by atoms with Gasteiger partial charge in [0.25, 0.3) is 5.91 Å². The van der Waals surface area contributed by atoms with E-state index in [0.717, 1.165) is 36.5 Å². The van der Waals surface area contributed by atoms with Crippen molar-refractivity contribution in [1.82, 2.24) is 5.32 Å². The molecule has 0 atom stereocenters. The zero-order valence-electron chi connectivity index (χ0n) is 12.3. The van der Waals surface area contributed by atoms with Crippen molar-refractivity contribution in [2.75, 3.05) is 18.5 Å². The fourth-order valence-corrected chi connectivity index (χ4v) is 2.85. The number of nitrogens with one attached hydrogen (secondary N) is 2. The molecule has 1 aromatic rings. The van der Waals surface area contributed by atoms with Gasteiger partial charge in [-0.3, -0.25) is 4.79 Å². The summed E-state index contributed by atoms with van der Waals surface area (Å²) in [5.74, 6) is 0.669. The molecule has 1 aromatic carbocycles. The Balaban J connectivity index is 1.48. The Hall–Kier alpha value is -1.81. The van der Waals surface area contributed by atoms with Gasteiger partial charge in [-0.25, -0.2) is 0 Å². The van der Waals surface area contributed by atoms with Gasteiger partial charge >= 0.3 is 0 Å². The summed E-state index contributed by atoms with van der Waals surface area (Å²) in [5.41, 5.74) is 3.54. The van der Waals surface area contributed by atoms with Crippen LogP contribution in [-0.4, -0.2) is 19.1 Å². The predicted octanol–water partition coefficient (Wildman–Crippen LogP) is 3.00. The standard InChI is InChI=1S/C17H22N2O2/c20-17-12-21-16-7-6-14(10-15(16)19-17)11-18-9-8-13-4-2-1-3-5-13/h4,6-7,10,18H,1-3,5,8-9,11-12H2,(H,19,20). The molecular formula is C17H22N2O2. The molecule has 21 heavy (non-hydrogen) atoms. The lowest BCUT2D eigenvalue weighted by molar-refractivity contribution is -0.118. The second-order valence-electron chi connectivity index (χ2n) is 5.70. The summed E-state index contributed by atoms with van der Waals surface area (Å²) in [6.45, 7) is 1.93. The number of amides is 1. The summed E-state index contributed by atoms with van der Waals surface area (Å²) in [5, 5.41) is 6.31. The van der Waals surface area contributed by atoms with Crippen LogP contribution in [0.2, 0.25) is 0 Å². The molecule has 1 heterocycles. The van der Waals surface area contributed by atoms with Crippen LogP contribution in [0.5, 0.6) is 5.75 Å². The molecule has 2 N–H and O–H groups in total. The zero-order valence-corrected chi connectivity index (χ0v) is 12.3. The number of benzene rings is 1. The zero-order chi connectivity index (χ0) is 14.5. The molecule has 0 fully saturated rings. The normalized spacial score (nSPS) is 17.5. The molecular weight excluding hydrogens is 264 g/mol. The largest absolute Gasteiger partial charge is 0.482 e. The summed E-state index contributed by atoms with van der Waals surface area (Å²) in [6, 6.07) is 5.96. The molecule has 1 amide bonds. The molecule has 3 rings (SSSR count). The van der Waals surface area contributed by atoms with Crippen LogP contribution in [0.1, 0.15) is 37.7 Å². The van der Waals surface area contributed by atoms with E-state index >= 15 is 0 Å². The monoisotopic (exact) mass is 286 g/mol. The summed E-state index contributed by atoms with van der Waals surface area (Å²) >= 11 is 0. The third kappa shape index (κ3) is 3.85. The number of rotatable bonds is 5. The number of anilines is 1. The van der Waals surface area contributed by atoms with Crippen molar-refractivity contribution < 1.29 is 9.53 Å². The van der Waals surface area contributed by atoms with E-state index in [1.165, 1.54) is 25.7 Å². The van der Waals surface area contributed by atoms with Gasteiger partial charge in [0.15, 0.2) is 6.61 Å². The summed E-state index contributed by atoms with van der Waals surface area (Å²) in [7, 11) is 0. The molecule has 2 aliphatic rings. The summed E-state index contributed by atoms with van der Waals surface area (Å²) in [6.07, 6.45) is 8.75. The second-order valence-corrected chi connectivity index (χ2v) is 5.70. The Morgan fingerprint density at radius 1 is 1.29 bits per heavy atom. The Morgan fingerprint density at radius 3 is 3.10 bits per heavy atom. The number of carbonyl (C=O) groups is 1. The maximum Gasteiger partial charge on any atom is 0.262 e. The lowest BCUT2D eigenvalue weighted by Gasteiger charge is -2.18. The van der Waals surface area contributed by atoms with E-state index in [9.17, 15) is 4.79 Å². The highest BCUT2D eigenvalue weighted by Crippen LogP contribution is 2.28. The third-order valence-corrected chi connectivity index (χ3v) is 4.01. The minimum atomic E-state index is -0.0863. The summed E-state index contributed by atoms with van der Waals surface area (Å²) < 4.78 is 5.36. The van der Waals surface area contributed by atoms with E-state index in [-0.39, 0.29) is 12.5 Å². The summed E-state index contributed by atoms with van der Waals surface area (Å²) in [4.78, 5) is 11.3. The molecule has 112 valence electrons. The third-order valence-electron chi connectivity index (χ3n) is 4.01. The lowest BCUT2D eigenvalue weighted by Crippen LogP contribution is -2.25. The van der Waals surface area contributed by atoms with Gasteiger partial charge in [-0.1, -0.05) is 17.7 Å². The molecule has 4 heteroatoms. The van der Waals surface area contributed by atoms with Gasteiger partial charge in [-0.15, -0.1) is 0 Å². The number of ether oxygens (including phenoxy) is 1. The van der Waals surface area contributed by atoms with Crippen molar-refractivity contribution in [1.29, 1.82) is 0 Å². The molecule has 0 unspecified atom stereocenters. The van der Waals surface area contributed by atoms with Crippen LogP contribution in [0.15, 0.2) is 29.8 Å². The predicted molar refractivity (Wildman–Crippen MR) is 83.4 cm³/mol. The van der Waals surface area contributed by atoms with Crippen molar-refractivity contribution >= 4 is 11.6 Å². The highest BCUT2D eigenvalue weighted by molar-refractivity contribution is 5.95. The fraction of sp³-hybridized carbons (Fsp3) is 0.471. The van der Waals surface area contributed by atoms with Gasteiger partial charge in [0.1, 0.15) is 5.75 Å². The fourth-order valence-electron chi connectivity index (χ4n) is 2.85. The first-order valence-corrected chi connectivity index (χ1v) is 7.75. The van der Waals surface area contributed by atoms with Crippen molar-refractivity contribution in [2.45, 2.75) is 38.6 Å². The smallest absolute Gasteiger partial charge is 0.262 e. The highest BCUT2D eigenvalue weighted by atomic mass is 16.5. The van der Waals surface area contributed by atoms with E-state index in [2.05, 4.69) is 16.7 Å². The highest BCUT2D eigenvalue weighted by Gasteiger charge is 2.15. The van der Waals surface area contributed by atoms with Gasteiger partial charge in [-0.2, -0.15) is 0 Å². The molecule has 0 saturated heterocycles. The van der Waals surface area contributed by atoms with Crippen LogP contribution in [0.3, 0.4) is 0 Å². The number of hydrogen-bond donors (Lipinski definition) is 2. The SMILES string of the molecule is O=C1COc2ccc(CNCCC3=CCCCC3)cc2N1. The van der Waals surface area contributed by atoms with Crippen LogP contribution in [0, 0.1) is 0 Å². The molecule has 0 radical (unpaired) electrons. The average Bonchev–Trinajstić information content (AvgIpc) is 2.52. The first-order valence-electron chi connectivity index (χ1n) is 7.75. The molecule has 1 aliphatic heterocycles. The average molecular weight is 286 g/mol. The Kier molecular flexibility index (Phi) is 4.55. The van der Waals surface area contributed by atoms with E-state index in [4.69, 9.17) is 4.74 Å². The van der Waals surface area contributed by atoms with Crippen molar-refractivity contribution in [3.8, 4) is 5.75 Å². The van der Waals surface area contributed by atoms with Crippen molar-refractivity contribution in [3.05, 3.63) is 35.4 Å².